The smallest absolute Gasteiger partial charge is 0.175 e. The predicted octanol–water partition coefficient (Wildman–Crippen LogP) is 16.1. The third-order valence-electron chi connectivity index (χ3n) is 17.6. The zero-order valence-corrected chi connectivity index (χ0v) is 69.9. The molecule has 0 amide bonds. The van der Waals surface area contributed by atoms with E-state index in [2.05, 4.69) is 16.7 Å². The van der Waals surface area contributed by atoms with Crippen LogP contribution in [0.2, 0.25) is 0 Å². The van der Waals surface area contributed by atoms with E-state index in [-0.39, 0.29) is 70.7 Å². The summed E-state index contributed by atoms with van der Waals surface area (Å²) in [6.45, 7) is -10.5. The molecule has 6 aliphatic rings. The van der Waals surface area contributed by atoms with E-state index in [1.165, 1.54) is 11.8 Å². The lowest BCUT2D eigenvalue weighted by molar-refractivity contribution is 0.208. The summed E-state index contributed by atoms with van der Waals surface area (Å²) in [5.74, 6) is -8.54. The summed E-state index contributed by atoms with van der Waals surface area (Å²) in [6.07, 6.45) is -21.2. The Bertz CT molecular complexity index is 7510. The number of hydrogen-bond donors (Lipinski definition) is 0. The fourth-order valence-electron chi connectivity index (χ4n) is 12.5. The van der Waals surface area contributed by atoms with E-state index in [4.69, 9.17) is 75.4 Å². The Balaban J connectivity index is 0.000000273. The van der Waals surface area contributed by atoms with Crippen molar-refractivity contribution >= 4 is 59.0 Å². The molecule has 636 valence electrons. The number of sulfone groups is 6. The Labute approximate surface area is 767 Å². The van der Waals surface area contributed by atoms with Crippen molar-refractivity contribution in [2.45, 2.75) is 222 Å². The van der Waals surface area contributed by atoms with Crippen molar-refractivity contribution in [3.05, 3.63) is 179 Å². The molecule has 6 heterocycles. The van der Waals surface area contributed by atoms with Crippen LogP contribution in [0, 0.1) is 0 Å². The van der Waals surface area contributed by atoms with Gasteiger partial charge in [0.1, 0.15) is 0 Å². The molecular weight excluding hydrogens is 1550 g/mol. The maximum atomic E-state index is 12.4. The van der Waals surface area contributed by atoms with E-state index in [1.54, 1.807) is 11.8 Å². The van der Waals surface area contributed by atoms with Gasteiger partial charge in [-0.3, -0.25) is 0 Å². The lowest BCUT2D eigenvalue weighted by atomic mass is 9.90. The molecule has 0 bridgehead atoms. The van der Waals surface area contributed by atoms with Gasteiger partial charge < -0.3 is 29.4 Å². The van der Waals surface area contributed by atoms with Crippen molar-refractivity contribution in [1.82, 2.24) is 29.4 Å². The zero-order chi connectivity index (χ0) is 132. The summed E-state index contributed by atoms with van der Waals surface area (Å²) in [4.78, 5) is 2.30. The van der Waals surface area contributed by atoms with Gasteiger partial charge >= 0.3 is 0 Å². The Hall–Kier alpha value is -5.22. The molecule has 6 aliphatic heterocycles. The number of benzene rings is 6. The van der Waals surface area contributed by atoms with E-state index in [0.717, 1.165) is 120 Å². The minimum absolute atomic E-state index is 0.00189. The van der Waals surface area contributed by atoms with Gasteiger partial charge in [-0.15, -0.1) is 0 Å². The molecule has 0 aliphatic carbocycles. The third-order valence-corrected chi connectivity index (χ3v) is 23.0. The van der Waals surface area contributed by atoms with Crippen molar-refractivity contribution in [1.29, 1.82) is 0 Å². The molecule has 6 atom stereocenters. The number of hydrogen-bond acceptors (Lipinski definition) is 18. The second kappa shape index (κ2) is 46.4. The summed E-state index contributed by atoms with van der Waals surface area (Å²) >= 11 is 0. The molecule has 0 radical (unpaired) electrons. The van der Waals surface area contributed by atoms with Crippen molar-refractivity contribution in [3.63, 3.8) is 0 Å². The van der Waals surface area contributed by atoms with E-state index >= 15 is 0 Å². The van der Waals surface area contributed by atoms with Crippen LogP contribution in [0.3, 0.4) is 0 Å². The average molecular weight is 1740 g/mol. The topological polar surface area (TPSA) is 224 Å². The summed E-state index contributed by atoms with van der Waals surface area (Å²) in [6, 6.07) is -1.77. The van der Waals surface area contributed by atoms with Gasteiger partial charge in [0.2, 0.25) is 0 Å². The highest BCUT2D eigenvalue weighted by Gasteiger charge is 2.29. The summed E-state index contributed by atoms with van der Waals surface area (Å²) in [5, 5.41) is 0. The molecule has 0 aromatic heterocycles. The monoisotopic (exact) mass is 1740 g/mol. The summed E-state index contributed by atoms with van der Waals surface area (Å²) < 4.78 is 587. The summed E-state index contributed by atoms with van der Waals surface area (Å²) in [5.41, 5.74) is -1.22. The molecule has 0 saturated carbocycles. The largest absolute Gasteiger partial charge is 0.303 e. The maximum Gasteiger partial charge on any atom is 0.175 e. The number of likely N-dealkylation sites (tertiary alicyclic amines) is 6. The Kier molecular flexibility index (Phi) is 17.8. The van der Waals surface area contributed by atoms with E-state index < -0.39 is 316 Å². The third kappa shape index (κ3) is 32.1. The normalized spacial score (nSPS) is 34.4. The second-order valence-corrected chi connectivity index (χ2v) is 37.0. The highest BCUT2D eigenvalue weighted by Crippen LogP contribution is 2.35. The van der Waals surface area contributed by atoms with Crippen molar-refractivity contribution in [2.75, 3.05) is 155 Å². The Morgan fingerprint density at radius 3 is 1.00 bits per heavy atom. The van der Waals surface area contributed by atoms with E-state index in [0.29, 0.717) is 89.3 Å². The highest BCUT2D eigenvalue weighted by molar-refractivity contribution is 7.92. The highest BCUT2D eigenvalue weighted by atomic mass is 32.2. The fourth-order valence-corrected chi connectivity index (χ4v) is 15.6. The lowest BCUT2D eigenvalue weighted by Crippen LogP contribution is -2.34. The molecule has 6 aromatic carbocycles. The molecule has 114 heavy (non-hydrogen) atoms. The first-order chi connectivity index (χ1) is 75.6. The lowest BCUT2D eigenvalue weighted by Gasteiger charge is -2.32. The van der Waals surface area contributed by atoms with Crippen LogP contribution in [0.4, 0.5) is 0 Å². The molecule has 0 spiro atoms. The van der Waals surface area contributed by atoms with Crippen LogP contribution in [0.15, 0.2) is 175 Å². The van der Waals surface area contributed by atoms with Gasteiger partial charge in [-0.1, -0.05) is 114 Å². The van der Waals surface area contributed by atoms with Gasteiger partial charge in [-0.05, 0) is 335 Å². The number of nitrogens with zero attached hydrogens (tertiary/aromatic N) is 6. The molecule has 12 rings (SSSR count). The summed E-state index contributed by atoms with van der Waals surface area (Å²) in [7, 11) is -26.7. The van der Waals surface area contributed by atoms with Gasteiger partial charge in [0.25, 0.3) is 0 Å². The fraction of sp³-hybridized carbons (Fsp3) is 0.600. The van der Waals surface area contributed by atoms with Gasteiger partial charge in [0.05, 0.1) is 51.3 Å². The van der Waals surface area contributed by atoms with Crippen LogP contribution in [-0.4, -0.2) is 235 Å². The zero-order valence-electron chi connectivity index (χ0n) is 120. The van der Waals surface area contributed by atoms with E-state index in [9.17, 15) is 50.5 Å². The molecule has 0 N–H and O–H groups in total. The Morgan fingerprint density at radius 2 is 0.675 bits per heavy atom. The number of piperidine rings is 6. The molecule has 6 saturated heterocycles. The van der Waals surface area contributed by atoms with Crippen LogP contribution >= 0.6 is 0 Å². The quantitative estimate of drug-likeness (QED) is 0.0549. The number of rotatable bonds is 24. The Morgan fingerprint density at radius 1 is 0.377 bits per heavy atom. The van der Waals surface area contributed by atoms with Crippen molar-refractivity contribution in [3.8, 4) is 0 Å². The van der Waals surface area contributed by atoms with Crippen LogP contribution in [0.1, 0.15) is 301 Å². The van der Waals surface area contributed by atoms with Crippen molar-refractivity contribution < 1.29 is 126 Å². The molecule has 6 aromatic rings. The van der Waals surface area contributed by atoms with Crippen LogP contribution in [-0.2, 0) is 59.0 Å². The second-order valence-electron chi connectivity index (χ2n) is 26.8. The van der Waals surface area contributed by atoms with Gasteiger partial charge in [-0.25, -0.2) is 50.5 Å². The van der Waals surface area contributed by atoms with Crippen molar-refractivity contribution in [2.24, 2.45) is 0 Å². The average Bonchev–Trinajstić information content (AvgIpc) is 0.651. The van der Waals surface area contributed by atoms with E-state index in [1.807, 2.05) is 6.92 Å². The minimum Gasteiger partial charge on any atom is -0.303 e. The molecule has 24 heteroatoms. The van der Waals surface area contributed by atoms with Crippen LogP contribution < -0.4 is 0 Å². The molecule has 6 fully saturated rings. The first-order valence-electron chi connectivity index (χ1n) is 64.1. The standard InChI is InChI=1S/6C15H23NO2S/c6*1-3-9-16-10-5-7-14(12-16)13-6-4-8-15(11-13)19(2,17)18/h6*4,6,8,11,14H,3,5,7,9-10,12H2,1-2H3/t6*14-/m111111/s1/i2D3,3D2,5D2,7D2,9D2,10D2,12D2,14D;2D3,5D2,7D2,9D2,10D2,12D2,14D;3D2,4D,6D,8D,9D2,11D;4D,6D,8D,9D2,11D;2D3,4D,6D,8D,11D;4D,6D,8D,11D. The van der Waals surface area contributed by atoms with Crippen LogP contribution in [0.5, 0.6) is 0 Å². The molecular formula is C90H138N6O12S6. The maximum absolute atomic E-state index is 12.4. The first kappa shape index (κ1) is 43.8. The molecule has 0 unspecified atom stereocenters. The first-order valence-corrected chi connectivity index (χ1v) is 46.7. The van der Waals surface area contributed by atoms with Gasteiger partial charge in [0.15, 0.2) is 59.0 Å². The SMILES string of the molecule is [2H]C([2H])(C)C([2H])([2H])N1C([2H])([2H])C([2H])([2H])C([2H])([2H])[C@@]([2H])(c2cccc(S(=O)(=O)C([2H])([2H])[2H])c2)C1([2H])[2H].[2H]C([2H])(CC)N1C([2H])([2H])C([2H])([2H])C([2H])([2H])[C@@]([2H])(c2cccc(S(=O)(=O)C([2H])([2H])[2H])c2)C1([2H])[2H].[2H]c1c([2H])c([C@@H]2CCCN(C([2H])([2H])C([2H])([2H])C)C2)c([2H])c(S(C)(=O)=O)c1[2H].[2H]c1c([2H])c([C@@H]2CCCN(C([2H])([2H])CC)C2)c([2H])c(S(C)(=O)=O)c1[2H].[2H]c1c([2H])c([C@@H]2CCCN(CCC)C2)c([2H])c(S(=O)(=O)C([2H])([2H])[2H])c1[2H].[2H]c1c([2H])c([C@@H]2CCCN(CCC)C2)c([2H])c(S(C)(=O)=O)c1[2H]. The minimum atomic E-state index is -5.10. The van der Waals surface area contributed by atoms with Gasteiger partial charge in [0, 0.05) is 130 Å². The van der Waals surface area contributed by atoms with Gasteiger partial charge in [-0.2, -0.15) is 0 Å². The van der Waals surface area contributed by atoms with Crippen LogP contribution in [0.25, 0.3) is 0 Å². The molecule has 18 nitrogen and oxygen atoms in total. The predicted molar refractivity (Wildman–Crippen MR) is 470 cm³/mol.